The topological polar surface area (TPSA) is 55.5 Å². The average molecular weight is 159 g/mol. The number of nitrogens with two attached hydrogens (primary N) is 1. The Labute approximate surface area is 55.6 Å². The lowest BCUT2D eigenvalue weighted by Gasteiger charge is -2.10. The number of rotatable bonds is 3. The quantitative estimate of drug-likeness (QED) is 0.601. The lowest BCUT2D eigenvalue weighted by atomic mass is 10.4. The van der Waals surface area contributed by atoms with Crippen LogP contribution in [0.1, 0.15) is 0 Å². The highest BCUT2D eigenvalue weighted by atomic mass is 19.4. The average Bonchev–Trinajstić information content (AvgIpc) is 1.81. The molecule has 0 aliphatic carbocycles. The third kappa shape index (κ3) is 5.80. The van der Waals surface area contributed by atoms with Crippen molar-refractivity contribution in [2.75, 3.05) is 13.2 Å². The highest BCUT2D eigenvalue weighted by Crippen LogP contribution is 2.15. The van der Waals surface area contributed by atoms with Crippen LogP contribution in [0.3, 0.4) is 0 Å². The van der Waals surface area contributed by atoms with E-state index in [1.54, 1.807) is 0 Å². The molecule has 0 saturated carbocycles. The first kappa shape index (κ1) is 9.67. The number of hydrogen-bond donors (Lipinski definition) is 2. The van der Waals surface area contributed by atoms with Gasteiger partial charge < -0.3 is 10.8 Å². The second-order valence-electron chi connectivity index (χ2n) is 1.70. The van der Waals surface area contributed by atoms with E-state index in [0.29, 0.717) is 0 Å². The van der Waals surface area contributed by atoms with Crippen LogP contribution in [0.2, 0.25) is 0 Å². The summed E-state index contributed by atoms with van der Waals surface area (Å²) < 4.78 is 36.9. The molecule has 0 aromatic heterocycles. The Balaban J connectivity index is 3.36. The minimum atomic E-state index is -4.66. The van der Waals surface area contributed by atoms with E-state index in [2.05, 4.69) is 4.74 Å². The summed E-state index contributed by atoms with van der Waals surface area (Å²) in [5.41, 5.74) is 4.91. The molecule has 0 aromatic rings. The van der Waals surface area contributed by atoms with Crippen molar-refractivity contribution in [2.24, 2.45) is 5.73 Å². The van der Waals surface area contributed by atoms with Gasteiger partial charge in [-0.05, 0) is 0 Å². The summed E-state index contributed by atoms with van der Waals surface area (Å²) >= 11 is 0. The van der Waals surface area contributed by atoms with Gasteiger partial charge in [-0.2, -0.15) is 0 Å². The molecule has 1 atom stereocenters. The molecule has 0 fully saturated rings. The molecule has 10 heavy (non-hydrogen) atoms. The van der Waals surface area contributed by atoms with Crippen molar-refractivity contribution in [2.45, 2.75) is 12.4 Å². The molecular formula is C4H8F3NO2. The van der Waals surface area contributed by atoms with Gasteiger partial charge in [-0.1, -0.05) is 0 Å². The predicted molar refractivity (Wildman–Crippen MR) is 27.1 cm³/mol. The highest BCUT2D eigenvalue weighted by Gasteiger charge is 2.29. The molecular weight excluding hydrogens is 151 g/mol. The zero-order valence-corrected chi connectivity index (χ0v) is 5.06. The van der Waals surface area contributed by atoms with Crippen LogP contribution in [0.4, 0.5) is 13.2 Å². The van der Waals surface area contributed by atoms with Gasteiger partial charge in [-0.25, -0.2) is 0 Å². The molecule has 0 saturated heterocycles. The fourth-order valence-electron chi connectivity index (χ4n) is 0.254. The van der Waals surface area contributed by atoms with Crippen LogP contribution in [0.15, 0.2) is 0 Å². The molecule has 0 unspecified atom stereocenters. The first-order valence-electron chi connectivity index (χ1n) is 2.53. The molecule has 0 aromatic carbocycles. The van der Waals surface area contributed by atoms with Crippen molar-refractivity contribution < 1.29 is 23.0 Å². The Morgan fingerprint density at radius 2 is 2.00 bits per heavy atom. The van der Waals surface area contributed by atoms with Gasteiger partial charge in [0.2, 0.25) is 0 Å². The fourth-order valence-corrected chi connectivity index (χ4v) is 0.254. The van der Waals surface area contributed by atoms with Crippen molar-refractivity contribution in [3.05, 3.63) is 0 Å². The third-order valence-corrected chi connectivity index (χ3v) is 0.696. The Hall–Kier alpha value is -0.330. The Morgan fingerprint density at radius 3 is 2.30 bits per heavy atom. The lowest BCUT2D eigenvalue weighted by Crippen LogP contribution is -2.33. The minimum Gasteiger partial charge on any atom is -0.395 e. The Kier molecular flexibility index (Phi) is 3.62. The maximum Gasteiger partial charge on any atom is 0.522 e. The van der Waals surface area contributed by atoms with Gasteiger partial charge in [-0.15, -0.1) is 13.2 Å². The number of ether oxygens (including phenoxy) is 1. The van der Waals surface area contributed by atoms with Gasteiger partial charge in [0.15, 0.2) is 0 Å². The van der Waals surface area contributed by atoms with Gasteiger partial charge in [-0.3, -0.25) is 4.74 Å². The maximum atomic E-state index is 11.2. The number of alkyl halides is 3. The fraction of sp³-hybridized carbons (Fsp3) is 1.00. The summed E-state index contributed by atoms with van der Waals surface area (Å²) in [6.45, 7) is -1.23. The molecule has 62 valence electrons. The largest absolute Gasteiger partial charge is 0.522 e. The summed E-state index contributed by atoms with van der Waals surface area (Å²) in [5.74, 6) is 0. The van der Waals surface area contributed by atoms with Crippen LogP contribution in [0, 0.1) is 0 Å². The van der Waals surface area contributed by atoms with Gasteiger partial charge in [0.25, 0.3) is 0 Å². The molecule has 0 bridgehead atoms. The lowest BCUT2D eigenvalue weighted by molar-refractivity contribution is -0.326. The van der Waals surface area contributed by atoms with Crippen LogP contribution in [-0.2, 0) is 4.74 Å². The molecule has 0 aliphatic rings. The summed E-state index contributed by atoms with van der Waals surface area (Å²) in [7, 11) is 0. The van der Waals surface area contributed by atoms with E-state index in [1.165, 1.54) is 0 Å². The molecule has 0 aliphatic heterocycles. The van der Waals surface area contributed by atoms with Gasteiger partial charge in [0.05, 0.1) is 19.3 Å². The molecule has 0 radical (unpaired) electrons. The molecule has 3 nitrogen and oxygen atoms in total. The standard InChI is InChI=1S/C4H8F3NO2/c5-4(6,7)10-2-3(8)1-9/h3,9H,1-2,8H2/t3-/m0/s1. The maximum absolute atomic E-state index is 11.2. The third-order valence-electron chi connectivity index (χ3n) is 0.696. The van der Waals surface area contributed by atoms with Crippen molar-refractivity contribution in [1.82, 2.24) is 0 Å². The van der Waals surface area contributed by atoms with E-state index >= 15 is 0 Å². The number of aliphatic hydroxyl groups is 1. The zero-order chi connectivity index (χ0) is 8.20. The summed E-state index contributed by atoms with van der Waals surface area (Å²) in [6.07, 6.45) is -4.66. The van der Waals surface area contributed by atoms with Crippen molar-refractivity contribution in [1.29, 1.82) is 0 Å². The van der Waals surface area contributed by atoms with Crippen molar-refractivity contribution in [3.8, 4) is 0 Å². The first-order valence-corrected chi connectivity index (χ1v) is 2.53. The molecule has 6 heteroatoms. The molecule has 3 N–H and O–H groups in total. The monoisotopic (exact) mass is 159 g/mol. The molecule has 0 heterocycles. The van der Waals surface area contributed by atoms with E-state index in [1.807, 2.05) is 0 Å². The highest BCUT2D eigenvalue weighted by molar-refractivity contribution is 4.55. The van der Waals surface area contributed by atoms with Gasteiger partial charge in [0.1, 0.15) is 0 Å². The Bertz CT molecular complexity index is 95.0. The van der Waals surface area contributed by atoms with E-state index in [0.717, 1.165) is 0 Å². The van der Waals surface area contributed by atoms with Gasteiger partial charge >= 0.3 is 6.36 Å². The second kappa shape index (κ2) is 3.75. The minimum absolute atomic E-state index is 0.518. The van der Waals surface area contributed by atoms with Crippen molar-refractivity contribution >= 4 is 0 Å². The van der Waals surface area contributed by atoms with Crippen LogP contribution >= 0.6 is 0 Å². The van der Waals surface area contributed by atoms with E-state index in [9.17, 15) is 13.2 Å². The molecule has 0 amide bonds. The van der Waals surface area contributed by atoms with Crippen LogP contribution in [0.25, 0.3) is 0 Å². The van der Waals surface area contributed by atoms with Crippen LogP contribution in [-0.4, -0.2) is 30.7 Å². The number of hydrogen-bond acceptors (Lipinski definition) is 3. The Morgan fingerprint density at radius 1 is 1.50 bits per heavy atom. The molecule has 0 spiro atoms. The van der Waals surface area contributed by atoms with Crippen LogP contribution in [0.5, 0.6) is 0 Å². The number of aliphatic hydroxyl groups excluding tert-OH is 1. The zero-order valence-electron chi connectivity index (χ0n) is 5.06. The first-order chi connectivity index (χ1) is 4.45. The van der Waals surface area contributed by atoms with Gasteiger partial charge in [0, 0.05) is 0 Å². The second-order valence-corrected chi connectivity index (χ2v) is 1.70. The summed E-state index contributed by atoms with van der Waals surface area (Å²) in [4.78, 5) is 0. The SMILES string of the molecule is N[C@@H](CO)COC(F)(F)F. The van der Waals surface area contributed by atoms with Crippen LogP contribution < -0.4 is 5.73 Å². The summed E-state index contributed by atoms with van der Waals surface area (Å²) in [5, 5.41) is 8.16. The normalized spacial score (nSPS) is 15.3. The summed E-state index contributed by atoms with van der Waals surface area (Å²) in [6, 6.07) is -0.971. The predicted octanol–water partition coefficient (Wildman–Crippen LogP) is -0.158. The number of halogens is 3. The van der Waals surface area contributed by atoms with E-state index in [4.69, 9.17) is 10.8 Å². The molecule has 0 rings (SSSR count). The smallest absolute Gasteiger partial charge is 0.395 e. The van der Waals surface area contributed by atoms with E-state index < -0.39 is 25.6 Å². The van der Waals surface area contributed by atoms with Crippen molar-refractivity contribution in [3.63, 3.8) is 0 Å². The van der Waals surface area contributed by atoms with E-state index in [-0.39, 0.29) is 0 Å².